The Labute approximate surface area is 265 Å². The fraction of sp³-hybridized carbons (Fsp3) is 0.552. The molecule has 1 aromatic heterocycles. The van der Waals surface area contributed by atoms with E-state index in [0.717, 1.165) is 0 Å². The number of hydrogen-bond acceptors (Lipinski definition) is 8. The third-order valence-corrected chi connectivity index (χ3v) is 7.06. The zero-order chi connectivity index (χ0) is 31.4. The van der Waals surface area contributed by atoms with E-state index in [1.807, 2.05) is 26.8 Å². The van der Waals surface area contributed by atoms with Crippen LogP contribution in [0.5, 0.6) is 5.88 Å². The van der Waals surface area contributed by atoms with Crippen molar-refractivity contribution >= 4 is 58.5 Å². The second kappa shape index (κ2) is 13.9. The van der Waals surface area contributed by atoms with Crippen LogP contribution in [-0.4, -0.2) is 83.6 Å². The number of halogens is 4. The van der Waals surface area contributed by atoms with Crippen LogP contribution in [0.15, 0.2) is 24.3 Å². The van der Waals surface area contributed by atoms with Crippen LogP contribution in [-0.2, 0) is 14.2 Å². The minimum atomic E-state index is -1.80. The number of carbonyl (C=O) groups excluding carboxylic acids is 2. The van der Waals surface area contributed by atoms with E-state index in [1.165, 1.54) is 12.1 Å². The molecule has 2 aliphatic rings. The van der Waals surface area contributed by atoms with Gasteiger partial charge in [0.05, 0.1) is 18.9 Å². The molecule has 236 valence electrons. The van der Waals surface area contributed by atoms with Gasteiger partial charge in [-0.3, -0.25) is 5.32 Å². The van der Waals surface area contributed by atoms with Crippen LogP contribution in [0.2, 0.25) is 0 Å². The molecule has 0 radical (unpaired) electrons. The van der Waals surface area contributed by atoms with Crippen molar-refractivity contribution in [1.29, 1.82) is 0 Å². The van der Waals surface area contributed by atoms with Crippen LogP contribution in [0.25, 0.3) is 11.1 Å². The number of alkyl halides is 3. The molecule has 2 aliphatic heterocycles. The normalized spacial score (nSPS) is 16.6. The van der Waals surface area contributed by atoms with Gasteiger partial charge >= 0.3 is 12.2 Å². The minimum absolute atomic E-state index is 0.100. The highest BCUT2D eigenvalue weighted by Gasteiger charge is 2.28. The maximum atomic E-state index is 14.9. The van der Waals surface area contributed by atoms with Crippen LogP contribution in [0.3, 0.4) is 0 Å². The lowest BCUT2D eigenvalue weighted by Crippen LogP contribution is -2.44. The molecule has 2 saturated heterocycles. The molecule has 2 fully saturated rings. The van der Waals surface area contributed by atoms with E-state index in [0.29, 0.717) is 80.6 Å². The summed E-state index contributed by atoms with van der Waals surface area (Å²) in [6, 6.07) is 6.52. The first-order valence-corrected chi connectivity index (χ1v) is 15.1. The van der Waals surface area contributed by atoms with Gasteiger partial charge in [0.1, 0.15) is 29.9 Å². The fourth-order valence-electron chi connectivity index (χ4n) is 4.69. The van der Waals surface area contributed by atoms with Crippen LogP contribution >= 0.6 is 34.8 Å². The third-order valence-electron chi connectivity index (χ3n) is 6.73. The molecule has 3 heterocycles. The van der Waals surface area contributed by atoms with E-state index in [4.69, 9.17) is 58.7 Å². The van der Waals surface area contributed by atoms with Crippen molar-refractivity contribution in [1.82, 2.24) is 9.88 Å². The van der Waals surface area contributed by atoms with Crippen molar-refractivity contribution in [2.24, 2.45) is 0 Å². The number of amides is 2. The summed E-state index contributed by atoms with van der Waals surface area (Å²) in [5.74, 6) is 0.431. The Bertz CT molecular complexity index is 1310. The second-order valence-corrected chi connectivity index (χ2v) is 13.9. The minimum Gasteiger partial charge on any atom is -0.474 e. The predicted molar refractivity (Wildman–Crippen MR) is 164 cm³/mol. The summed E-state index contributed by atoms with van der Waals surface area (Å²) in [4.78, 5) is 33.3. The summed E-state index contributed by atoms with van der Waals surface area (Å²) in [7, 11) is 0. The van der Waals surface area contributed by atoms with Crippen molar-refractivity contribution in [2.45, 2.75) is 56.0 Å². The molecule has 0 spiro atoms. The maximum absolute atomic E-state index is 14.9. The molecule has 0 unspecified atom stereocenters. The van der Waals surface area contributed by atoms with Crippen molar-refractivity contribution in [3.05, 3.63) is 35.6 Å². The summed E-state index contributed by atoms with van der Waals surface area (Å²) in [6.45, 7) is 10.2. The van der Waals surface area contributed by atoms with Gasteiger partial charge in [0.15, 0.2) is 0 Å². The largest absolute Gasteiger partial charge is 0.474 e. The quantitative estimate of drug-likeness (QED) is 0.340. The molecule has 2 aromatic rings. The molecule has 0 saturated carbocycles. The van der Waals surface area contributed by atoms with E-state index in [1.54, 1.807) is 17.9 Å². The van der Waals surface area contributed by atoms with E-state index in [-0.39, 0.29) is 17.9 Å². The number of nitrogens with one attached hydrogen (secondary N) is 1. The number of rotatable bonds is 6. The van der Waals surface area contributed by atoms with E-state index in [2.05, 4.69) is 10.2 Å². The molecule has 1 N–H and O–H groups in total. The van der Waals surface area contributed by atoms with E-state index in [9.17, 15) is 14.0 Å². The molecule has 2 amide bonds. The van der Waals surface area contributed by atoms with Gasteiger partial charge in [0.2, 0.25) is 9.67 Å². The highest BCUT2D eigenvalue weighted by atomic mass is 35.6. The first-order valence-electron chi connectivity index (χ1n) is 14.0. The second-order valence-electron chi connectivity index (χ2n) is 11.4. The zero-order valence-corrected chi connectivity index (χ0v) is 26.8. The molecule has 0 atom stereocenters. The lowest BCUT2D eigenvalue weighted by atomic mass is 10.00. The number of anilines is 2. The number of ether oxygens (including phenoxy) is 4. The van der Waals surface area contributed by atoms with Gasteiger partial charge in [-0.15, -0.1) is 0 Å². The average Bonchev–Trinajstić information content (AvgIpc) is 2.93. The third kappa shape index (κ3) is 9.89. The number of pyridine rings is 1. The molecule has 0 bridgehead atoms. The van der Waals surface area contributed by atoms with Gasteiger partial charge in [0, 0.05) is 45.1 Å². The van der Waals surface area contributed by atoms with Crippen LogP contribution in [0.4, 0.5) is 25.5 Å². The molecule has 43 heavy (non-hydrogen) atoms. The Morgan fingerprint density at radius 1 is 1.07 bits per heavy atom. The van der Waals surface area contributed by atoms with Crippen molar-refractivity contribution in [3.8, 4) is 17.0 Å². The van der Waals surface area contributed by atoms with Gasteiger partial charge in [-0.25, -0.2) is 14.0 Å². The number of likely N-dealkylation sites (tertiary alicyclic amines) is 1. The summed E-state index contributed by atoms with van der Waals surface area (Å²) >= 11 is 16.9. The van der Waals surface area contributed by atoms with Crippen molar-refractivity contribution < 1.29 is 32.9 Å². The van der Waals surface area contributed by atoms with Gasteiger partial charge in [0.25, 0.3) is 0 Å². The molecular formula is C29H36Cl3FN4O6. The Hall–Kier alpha value is -2.73. The van der Waals surface area contributed by atoms with Gasteiger partial charge in [-0.1, -0.05) is 34.8 Å². The van der Waals surface area contributed by atoms with Gasteiger partial charge in [-0.2, -0.15) is 4.98 Å². The van der Waals surface area contributed by atoms with Crippen molar-refractivity contribution in [3.63, 3.8) is 0 Å². The number of aryl methyl sites for hydroxylation is 1. The number of aromatic nitrogens is 1. The molecule has 4 rings (SSSR count). The topological polar surface area (TPSA) is 102 Å². The Morgan fingerprint density at radius 3 is 2.37 bits per heavy atom. The maximum Gasteiger partial charge on any atom is 0.411 e. The SMILES string of the molecule is Cc1cc(F)c(NC(=O)OCC(Cl)(Cl)Cl)cc1-c1cc(OC2CCN(C(=O)OC(C)(C)C)CC2)nc(N2CCOCC2)c1. The Balaban J connectivity index is 1.56. The highest BCUT2D eigenvalue weighted by Crippen LogP contribution is 2.34. The molecule has 14 heteroatoms. The number of piperidine rings is 1. The number of carbonyl (C=O) groups is 2. The Kier molecular flexibility index (Phi) is 10.7. The zero-order valence-electron chi connectivity index (χ0n) is 24.6. The van der Waals surface area contributed by atoms with Crippen LogP contribution in [0, 0.1) is 12.7 Å². The smallest absolute Gasteiger partial charge is 0.411 e. The predicted octanol–water partition coefficient (Wildman–Crippen LogP) is 6.73. The van der Waals surface area contributed by atoms with Gasteiger partial charge in [-0.05, 0) is 62.6 Å². The Morgan fingerprint density at radius 2 is 1.74 bits per heavy atom. The van der Waals surface area contributed by atoms with Crippen LogP contribution in [0.1, 0.15) is 39.2 Å². The molecule has 10 nitrogen and oxygen atoms in total. The summed E-state index contributed by atoms with van der Waals surface area (Å²) in [5, 5.41) is 2.38. The standard InChI is InChI=1S/C29H36Cl3FN4O6/c1-18-13-22(33)23(34-26(38)41-17-29(30,31)32)16-21(18)19-14-24(36-9-11-40-12-10-36)35-25(15-19)42-20-5-7-37(8-6-20)27(39)43-28(2,3)4/h13-16,20H,5-12,17H2,1-4H3,(H,34,38). The lowest BCUT2D eigenvalue weighted by Gasteiger charge is -2.33. The molecule has 0 aliphatic carbocycles. The number of benzene rings is 1. The van der Waals surface area contributed by atoms with Crippen LogP contribution < -0.4 is 15.0 Å². The lowest BCUT2D eigenvalue weighted by molar-refractivity contribution is 0.0123. The summed E-state index contributed by atoms with van der Waals surface area (Å²) < 4.78 is 35.3. The monoisotopic (exact) mass is 660 g/mol. The first-order chi connectivity index (χ1) is 20.2. The van der Waals surface area contributed by atoms with E-state index >= 15 is 0 Å². The number of nitrogens with zero attached hydrogens (tertiary/aromatic N) is 3. The fourth-order valence-corrected chi connectivity index (χ4v) is 4.85. The van der Waals surface area contributed by atoms with E-state index < -0.39 is 27.9 Å². The average molecular weight is 662 g/mol. The number of morpholine rings is 1. The first kappa shape index (κ1) is 33.2. The van der Waals surface area contributed by atoms with Crippen molar-refractivity contribution in [2.75, 3.05) is 56.2 Å². The summed E-state index contributed by atoms with van der Waals surface area (Å²) in [5.41, 5.74) is 1.33. The summed E-state index contributed by atoms with van der Waals surface area (Å²) in [6.07, 6.45) is -0.257. The van der Waals surface area contributed by atoms with Gasteiger partial charge < -0.3 is 28.7 Å². The molecular weight excluding hydrogens is 626 g/mol. The number of hydrogen-bond donors (Lipinski definition) is 1. The molecule has 1 aromatic carbocycles. The highest BCUT2D eigenvalue weighted by molar-refractivity contribution is 6.67.